The average Bonchev–Trinajstić information content (AvgIpc) is 3.15. The summed E-state index contributed by atoms with van der Waals surface area (Å²) in [7, 11) is -2.99. The number of aromatic nitrogens is 1. The number of carbonyl (C=O) groups is 1. The van der Waals surface area contributed by atoms with Gasteiger partial charge in [-0.1, -0.05) is 0 Å². The fraction of sp³-hybridized carbons (Fsp3) is 0.389. The Hall–Kier alpha value is -2.26. The topological polar surface area (TPSA) is 109 Å². The van der Waals surface area contributed by atoms with Crippen LogP contribution < -0.4 is 5.43 Å². The predicted octanol–water partition coefficient (Wildman–Crippen LogP) is 2.49. The highest BCUT2D eigenvalue weighted by Gasteiger charge is 2.29. The Kier molecular flexibility index (Phi) is 5.61. The molecule has 7 nitrogen and oxygen atoms in total. The van der Waals surface area contributed by atoms with Crippen molar-refractivity contribution in [3.63, 3.8) is 0 Å². The summed E-state index contributed by atoms with van der Waals surface area (Å²) in [4.78, 5) is 17.4. The number of hydrogen-bond acceptors (Lipinski definition) is 7. The number of carbonyl (C=O) groups excluding carboxylic acids is 1. The summed E-state index contributed by atoms with van der Waals surface area (Å²) in [5.41, 5.74) is 4.86. The summed E-state index contributed by atoms with van der Waals surface area (Å²) in [5.74, 6) is 0.0253. The molecule has 1 aromatic carbocycles. The van der Waals surface area contributed by atoms with E-state index < -0.39 is 9.84 Å². The van der Waals surface area contributed by atoms with Gasteiger partial charge >= 0.3 is 0 Å². The molecule has 1 amide bonds. The molecule has 144 valence electrons. The number of sulfone groups is 1. The molecule has 1 aromatic heterocycles. The lowest BCUT2D eigenvalue weighted by molar-refractivity contribution is -0.121. The molecule has 0 aliphatic carbocycles. The quantitative estimate of drug-likeness (QED) is 0.585. The lowest BCUT2D eigenvalue weighted by atomic mass is 10.1. The van der Waals surface area contributed by atoms with Gasteiger partial charge in [-0.05, 0) is 50.5 Å². The fourth-order valence-electron chi connectivity index (χ4n) is 3.00. The van der Waals surface area contributed by atoms with Crippen LogP contribution in [-0.4, -0.2) is 41.6 Å². The Labute approximate surface area is 162 Å². The zero-order valence-electron chi connectivity index (χ0n) is 15.1. The molecule has 0 radical (unpaired) electrons. The van der Waals surface area contributed by atoms with E-state index in [4.69, 9.17) is 0 Å². The van der Waals surface area contributed by atoms with Crippen molar-refractivity contribution in [1.82, 2.24) is 10.4 Å². The van der Waals surface area contributed by atoms with Crippen LogP contribution in [-0.2, 0) is 14.6 Å². The highest BCUT2D eigenvalue weighted by molar-refractivity contribution is 7.91. The van der Waals surface area contributed by atoms with Crippen LogP contribution in [0.25, 0.3) is 10.6 Å². The van der Waals surface area contributed by atoms with Crippen LogP contribution in [0.3, 0.4) is 0 Å². The molecule has 0 saturated carbocycles. The summed E-state index contributed by atoms with van der Waals surface area (Å²) in [6.07, 6.45) is 0.693. The summed E-state index contributed by atoms with van der Waals surface area (Å²) in [5, 5.41) is 14.4. The van der Waals surface area contributed by atoms with Crippen molar-refractivity contribution >= 4 is 32.8 Å². The normalized spacial score (nSPS) is 19.2. The molecule has 0 unspecified atom stereocenters. The largest absolute Gasteiger partial charge is 0.508 e. The molecule has 1 fully saturated rings. The number of hydrazone groups is 1. The average molecular weight is 408 g/mol. The van der Waals surface area contributed by atoms with Crippen LogP contribution in [0.4, 0.5) is 0 Å². The van der Waals surface area contributed by atoms with Crippen molar-refractivity contribution < 1.29 is 18.3 Å². The first-order chi connectivity index (χ1) is 12.7. The molecular formula is C18H21N3O4S2. The maximum Gasteiger partial charge on any atom is 0.240 e. The minimum Gasteiger partial charge on any atom is -0.508 e. The van der Waals surface area contributed by atoms with E-state index in [-0.39, 0.29) is 35.5 Å². The predicted molar refractivity (Wildman–Crippen MR) is 106 cm³/mol. The molecule has 2 aromatic rings. The zero-order chi connectivity index (χ0) is 19.6. The van der Waals surface area contributed by atoms with Gasteiger partial charge in [0.1, 0.15) is 10.8 Å². The third kappa shape index (κ3) is 4.92. The second-order valence-electron chi connectivity index (χ2n) is 6.69. The molecule has 0 bridgehead atoms. The van der Waals surface area contributed by atoms with E-state index in [1.54, 1.807) is 31.2 Å². The van der Waals surface area contributed by atoms with Crippen LogP contribution in [0.15, 0.2) is 29.4 Å². The van der Waals surface area contributed by atoms with Crippen molar-refractivity contribution in [2.75, 3.05) is 11.5 Å². The van der Waals surface area contributed by atoms with Crippen molar-refractivity contribution in [1.29, 1.82) is 0 Å². The third-order valence-electron chi connectivity index (χ3n) is 4.39. The SMILES string of the molecule is C/C(=N\NC(=O)C[C@@H]1CCS(=O)(=O)C1)c1sc(-c2ccc(O)cc2)nc1C. The number of phenols is 1. The van der Waals surface area contributed by atoms with Crippen molar-refractivity contribution in [2.24, 2.45) is 11.0 Å². The molecular weight excluding hydrogens is 386 g/mol. The number of rotatable bonds is 5. The summed E-state index contributed by atoms with van der Waals surface area (Å²) in [6.45, 7) is 3.67. The second kappa shape index (κ2) is 7.77. The van der Waals surface area contributed by atoms with Gasteiger partial charge in [0.25, 0.3) is 0 Å². The van der Waals surface area contributed by atoms with Crippen molar-refractivity contribution in [3.8, 4) is 16.3 Å². The third-order valence-corrected chi connectivity index (χ3v) is 7.54. The first-order valence-electron chi connectivity index (χ1n) is 8.54. The number of nitrogens with one attached hydrogen (secondary N) is 1. The standard InChI is InChI=1S/C18H21N3O4S2/c1-11-17(26-18(19-11)14-3-5-15(22)6-4-14)12(2)20-21-16(23)9-13-7-8-27(24,25)10-13/h3-6,13,22H,7-10H2,1-2H3,(H,21,23)/b20-12+/t13-/m0/s1. The molecule has 2 heterocycles. The van der Waals surface area contributed by atoms with Crippen molar-refractivity contribution in [2.45, 2.75) is 26.7 Å². The van der Waals surface area contributed by atoms with Gasteiger partial charge < -0.3 is 5.11 Å². The Morgan fingerprint density at radius 1 is 1.37 bits per heavy atom. The van der Waals surface area contributed by atoms with Gasteiger partial charge in [0.05, 0.1) is 27.8 Å². The maximum absolute atomic E-state index is 12.0. The number of hydrogen-bond donors (Lipinski definition) is 2. The van der Waals surface area contributed by atoms with Crippen LogP contribution in [0.5, 0.6) is 5.75 Å². The first-order valence-corrected chi connectivity index (χ1v) is 11.2. The molecule has 3 rings (SSSR count). The number of nitrogens with zero attached hydrogens (tertiary/aromatic N) is 2. The van der Waals surface area contributed by atoms with Gasteiger partial charge in [-0.25, -0.2) is 18.8 Å². The number of aromatic hydroxyl groups is 1. The smallest absolute Gasteiger partial charge is 0.240 e. The van der Waals surface area contributed by atoms with Gasteiger partial charge in [-0.2, -0.15) is 5.10 Å². The van der Waals surface area contributed by atoms with Gasteiger partial charge in [-0.15, -0.1) is 11.3 Å². The van der Waals surface area contributed by atoms with Crippen molar-refractivity contribution in [3.05, 3.63) is 34.8 Å². The molecule has 1 saturated heterocycles. The lowest BCUT2D eigenvalue weighted by Crippen LogP contribution is -2.22. The van der Waals surface area contributed by atoms with Gasteiger partial charge in [0.2, 0.25) is 5.91 Å². The Morgan fingerprint density at radius 3 is 2.70 bits per heavy atom. The molecule has 27 heavy (non-hydrogen) atoms. The van der Waals surface area contributed by atoms with E-state index in [1.807, 2.05) is 6.92 Å². The Balaban J connectivity index is 1.65. The Morgan fingerprint density at radius 2 is 2.07 bits per heavy atom. The highest BCUT2D eigenvalue weighted by Crippen LogP contribution is 2.29. The number of aryl methyl sites for hydroxylation is 1. The molecule has 1 atom stereocenters. The number of phenolic OH excluding ortho intramolecular Hbond substituents is 1. The van der Waals surface area contributed by atoms with E-state index in [1.165, 1.54) is 11.3 Å². The molecule has 1 aliphatic heterocycles. The highest BCUT2D eigenvalue weighted by atomic mass is 32.2. The minimum atomic E-state index is -2.99. The molecule has 0 spiro atoms. The van der Waals surface area contributed by atoms with E-state index in [9.17, 15) is 18.3 Å². The van der Waals surface area contributed by atoms with E-state index in [0.717, 1.165) is 21.1 Å². The molecule has 2 N–H and O–H groups in total. The van der Waals surface area contributed by atoms with Gasteiger partial charge in [0.15, 0.2) is 9.84 Å². The van der Waals surface area contributed by atoms with Crippen LogP contribution in [0.2, 0.25) is 0 Å². The van der Waals surface area contributed by atoms with Crippen LogP contribution in [0, 0.1) is 12.8 Å². The molecule has 9 heteroatoms. The first kappa shape index (κ1) is 19.5. The monoisotopic (exact) mass is 407 g/mol. The molecule has 1 aliphatic rings. The summed E-state index contributed by atoms with van der Waals surface area (Å²) >= 11 is 1.46. The van der Waals surface area contributed by atoms with E-state index in [2.05, 4.69) is 15.5 Å². The number of thiazole rings is 1. The van der Waals surface area contributed by atoms with E-state index >= 15 is 0 Å². The fourth-order valence-corrected chi connectivity index (χ4v) is 5.88. The van der Waals surface area contributed by atoms with Crippen LogP contribution in [0.1, 0.15) is 30.3 Å². The van der Waals surface area contributed by atoms with E-state index in [0.29, 0.717) is 12.1 Å². The Bertz CT molecular complexity index is 979. The lowest BCUT2D eigenvalue weighted by Gasteiger charge is -2.06. The van der Waals surface area contributed by atoms with Gasteiger partial charge in [-0.3, -0.25) is 4.79 Å². The maximum atomic E-state index is 12.0. The summed E-state index contributed by atoms with van der Waals surface area (Å²) in [6, 6.07) is 6.80. The number of amides is 1. The summed E-state index contributed by atoms with van der Waals surface area (Å²) < 4.78 is 22.9. The minimum absolute atomic E-state index is 0.0764. The van der Waals surface area contributed by atoms with Crippen LogP contribution >= 0.6 is 11.3 Å². The second-order valence-corrected chi connectivity index (χ2v) is 9.91. The van der Waals surface area contributed by atoms with Gasteiger partial charge in [0, 0.05) is 12.0 Å². The zero-order valence-corrected chi connectivity index (χ0v) is 16.7. The number of benzene rings is 1.